The molecule has 0 aliphatic heterocycles. The van der Waals surface area contributed by atoms with E-state index in [0.717, 1.165) is 0 Å². The van der Waals surface area contributed by atoms with Gasteiger partial charge in [0.25, 0.3) is 0 Å². The normalized spacial score (nSPS) is 11.7. The summed E-state index contributed by atoms with van der Waals surface area (Å²) < 4.78 is 35.9. The molecule has 0 heterocycles. The highest BCUT2D eigenvalue weighted by Gasteiger charge is 2.36. The summed E-state index contributed by atoms with van der Waals surface area (Å²) in [6.07, 6.45) is -4.79. The van der Waals surface area contributed by atoms with Crippen molar-refractivity contribution in [2.75, 3.05) is 0 Å². The zero-order chi connectivity index (χ0) is 11.1. The Bertz CT molecular complexity index is 375. The fourth-order valence-corrected chi connectivity index (χ4v) is 1.25. The van der Waals surface area contributed by atoms with Crippen LogP contribution < -0.4 is 0 Å². The van der Waals surface area contributed by atoms with Crippen LogP contribution in [0, 0.1) is 0 Å². The van der Waals surface area contributed by atoms with E-state index >= 15 is 0 Å². The maximum atomic E-state index is 12.2. The molecule has 0 aliphatic carbocycles. The van der Waals surface area contributed by atoms with E-state index in [0.29, 0.717) is 0 Å². The van der Waals surface area contributed by atoms with Gasteiger partial charge in [-0.2, -0.15) is 13.2 Å². The molecule has 0 radical (unpaired) electrons. The zero-order valence-electron chi connectivity index (χ0n) is 6.43. The predicted octanol–water partition coefficient (Wildman–Crippen LogP) is 2.58. The standard InChI is InChI=1S/C7H4BrF3O3/c8-4-5(13)2(7(9,10)11)1-3(12)6(4)14/h1,12-14H. The molecule has 0 saturated carbocycles. The maximum Gasteiger partial charge on any atom is 0.420 e. The van der Waals surface area contributed by atoms with Gasteiger partial charge in [-0.1, -0.05) is 0 Å². The van der Waals surface area contributed by atoms with Crippen molar-refractivity contribution in [3.05, 3.63) is 16.1 Å². The Balaban J connectivity index is 3.49. The molecule has 1 rings (SSSR count). The quantitative estimate of drug-likeness (QED) is 0.503. The second-order valence-corrected chi connectivity index (χ2v) is 3.25. The summed E-state index contributed by atoms with van der Waals surface area (Å²) in [5, 5.41) is 26.8. The average Bonchev–Trinajstić information content (AvgIpc) is 2.06. The van der Waals surface area contributed by atoms with Crippen molar-refractivity contribution in [2.45, 2.75) is 6.18 Å². The molecule has 0 fully saturated rings. The molecule has 14 heavy (non-hydrogen) atoms. The monoisotopic (exact) mass is 272 g/mol. The van der Waals surface area contributed by atoms with Gasteiger partial charge in [0.1, 0.15) is 15.8 Å². The molecule has 0 saturated heterocycles. The Hall–Kier alpha value is -1.11. The SMILES string of the molecule is Oc1cc(C(F)(F)F)c(O)c(Br)c1O. The molecule has 0 bridgehead atoms. The molecular formula is C7H4BrF3O3. The van der Waals surface area contributed by atoms with E-state index < -0.39 is 33.5 Å². The minimum Gasteiger partial charge on any atom is -0.506 e. The van der Waals surface area contributed by atoms with Crippen molar-refractivity contribution in [1.29, 1.82) is 0 Å². The Morgan fingerprint density at radius 1 is 1.07 bits per heavy atom. The van der Waals surface area contributed by atoms with Gasteiger partial charge in [-0.05, 0) is 22.0 Å². The van der Waals surface area contributed by atoms with Crippen molar-refractivity contribution in [1.82, 2.24) is 0 Å². The number of hydrogen-bond donors (Lipinski definition) is 3. The first kappa shape index (κ1) is 11.0. The van der Waals surface area contributed by atoms with E-state index in [9.17, 15) is 13.2 Å². The van der Waals surface area contributed by atoms with Crippen LogP contribution in [-0.2, 0) is 6.18 Å². The highest BCUT2D eigenvalue weighted by atomic mass is 79.9. The lowest BCUT2D eigenvalue weighted by molar-refractivity contribution is -0.138. The molecule has 0 aromatic heterocycles. The number of halogens is 4. The summed E-state index contributed by atoms with van der Waals surface area (Å²) in [7, 11) is 0. The first-order valence-electron chi connectivity index (χ1n) is 3.25. The van der Waals surface area contributed by atoms with Crippen molar-refractivity contribution < 1.29 is 28.5 Å². The van der Waals surface area contributed by atoms with E-state index in [-0.39, 0.29) is 6.07 Å². The van der Waals surface area contributed by atoms with E-state index in [1.807, 2.05) is 0 Å². The average molecular weight is 273 g/mol. The number of phenols is 3. The number of alkyl halides is 3. The number of rotatable bonds is 0. The van der Waals surface area contributed by atoms with Gasteiger partial charge < -0.3 is 15.3 Å². The van der Waals surface area contributed by atoms with Gasteiger partial charge in [-0.3, -0.25) is 0 Å². The minimum absolute atomic E-state index is 0.245. The van der Waals surface area contributed by atoms with Crippen LogP contribution in [0.2, 0.25) is 0 Å². The second-order valence-electron chi connectivity index (χ2n) is 2.45. The molecule has 0 amide bonds. The molecule has 3 nitrogen and oxygen atoms in total. The van der Waals surface area contributed by atoms with Crippen molar-refractivity contribution in [3.8, 4) is 17.2 Å². The number of hydrogen-bond acceptors (Lipinski definition) is 3. The summed E-state index contributed by atoms with van der Waals surface area (Å²) >= 11 is 2.51. The molecule has 0 unspecified atom stereocenters. The number of phenolic OH excluding ortho intramolecular Hbond substituents is 3. The van der Waals surface area contributed by atoms with Crippen LogP contribution >= 0.6 is 15.9 Å². The molecular weight excluding hydrogens is 269 g/mol. The lowest BCUT2D eigenvalue weighted by Gasteiger charge is -2.11. The van der Waals surface area contributed by atoms with E-state index in [2.05, 4.69) is 15.9 Å². The van der Waals surface area contributed by atoms with Crippen LogP contribution in [0.15, 0.2) is 10.5 Å². The Morgan fingerprint density at radius 3 is 2.00 bits per heavy atom. The summed E-state index contributed by atoms with van der Waals surface area (Å²) in [5.41, 5.74) is -1.42. The molecule has 0 aliphatic rings. The lowest BCUT2D eigenvalue weighted by atomic mass is 10.1. The van der Waals surface area contributed by atoms with Crippen LogP contribution in [0.5, 0.6) is 17.2 Å². The minimum atomic E-state index is -4.79. The topological polar surface area (TPSA) is 60.7 Å². The van der Waals surface area contributed by atoms with Gasteiger partial charge >= 0.3 is 6.18 Å². The molecule has 3 N–H and O–H groups in total. The third-order valence-electron chi connectivity index (χ3n) is 1.50. The zero-order valence-corrected chi connectivity index (χ0v) is 8.02. The van der Waals surface area contributed by atoms with Crippen LogP contribution in [0.4, 0.5) is 13.2 Å². The summed E-state index contributed by atoms with van der Waals surface area (Å²) in [5.74, 6) is -2.95. The first-order chi connectivity index (χ1) is 6.25. The molecule has 1 aromatic rings. The number of benzene rings is 1. The fourth-order valence-electron chi connectivity index (χ4n) is 0.832. The smallest absolute Gasteiger partial charge is 0.420 e. The molecule has 1 aromatic carbocycles. The molecule has 78 valence electrons. The molecule has 7 heteroatoms. The van der Waals surface area contributed by atoms with Crippen molar-refractivity contribution in [3.63, 3.8) is 0 Å². The summed E-state index contributed by atoms with van der Waals surface area (Å²) in [6, 6.07) is 0.245. The summed E-state index contributed by atoms with van der Waals surface area (Å²) in [4.78, 5) is 0. The van der Waals surface area contributed by atoms with Gasteiger partial charge in [0, 0.05) is 0 Å². The third kappa shape index (κ3) is 1.72. The van der Waals surface area contributed by atoms with Gasteiger partial charge in [-0.15, -0.1) is 0 Å². The van der Waals surface area contributed by atoms with Crippen LogP contribution in [0.1, 0.15) is 5.56 Å². The van der Waals surface area contributed by atoms with E-state index in [1.54, 1.807) is 0 Å². The van der Waals surface area contributed by atoms with Gasteiger partial charge in [0.05, 0.1) is 0 Å². The molecule has 0 atom stereocenters. The van der Waals surface area contributed by atoms with Crippen molar-refractivity contribution in [2.24, 2.45) is 0 Å². The van der Waals surface area contributed by atoms with Gasteiger partial charge in [-0.25, -0.2) is 0 Å². The number of aromatic hydroxyl groups is 3. The highest BCUT2D eigenvalue weighted by Crippen LogP contribution is 2.47. The van der Waals surface area contributed by atoms with Crippen LogP contribution in [0.3, 0.4) is 0 Å². The Labute approximate surface area is 84.5 Å². The van der Waals surface area contributed by atoms with Crippen molar-refractivity contribution >= 4 is 15.9 Å². The highest BCUT2D eigenvalue weighted by molar-refractivity contribution is 9.10. The Kier molecular flexibility index (Phi) is 2.53. The van der Waals surface area contributed by atoms with Gasteiger partial charge in [0.15, 0.2) is 11.5 Å². The van der Waals surface area contributed by atoms with Crippen LogP contribution in [-0.4, -0.2) is 15.3 Å². The second kappa shape index (κ2) is 3.23. The summed E-state index contributed by atoms with van der Waals surface area (Å²) in [6.45, 7) is 0. The van der Waals surface area contributed by atoms with Crippen LogP contribution in [0.25, 0.3) is 0 Å². The third-order valence-corrected chi connectivity index (χ3v) is 2.25. The molecule has 0 spiro atoms. The predicted molar refractivity (Wildman–Crippen MR) is 44.1 cm³/mol. The fraction of sp³-hybridized carbons (Fsp3) is 0.143. The maximum absolute atomic E-state index is 12.2. The Morgan fingerprint density at radius 2 is 1.57 bits per heavy atom. The van der Waals surface area contributed by atoms with E-state index in [1.165, 1.54) is 0 Å². The lowest BCUT2D eigenvalue weighted by Crippen LogP contribution is -2.05. The first-order valence-corrected chi connectivity index (χ1v) is 4.05. The van der Waals surface area contributed by atoms with Gasteiger partial charge in [0.2, 0.25) is 0 Å². The van der Waals surface area contributed by atoms with E-state index in [4.69, 9.17) is 15.3 Å². The largest absolute Gasteiger partial charge is 0.506 e.